The zero-order chi connectivity index (χ0) is 20.6. The Labute approximate surface area is 168 Å². The Morgan fingerprint density at radius 1 is 1.31 bits per heavy atom. The van der Waals surface area contributed by atoms with E-state index >= 15 is 0 Å². The number of thiazole rings is 1. The fourth-order valence-electron chi connectivity index (χ4n) is 2.70. The van der Waals surface area contributed by atoms with Gasteiger partial charge in [-0.25, -0.2) is 23.3 Å². The lowest BCUT2D eigenvalue weighted by Gasteiger charge is -2.13. The molecular weight excluding hydrogens is 418 g/mol. The van der Waals surface area contributed by atoms with Gasteiger partial charge in [-0.1, -0.05) is 6.07 Å². The number of carbonyl (C=O) groups excluding carboxylic acids is 1. The molecule has 0 atom stereocenters. The van der Waals surface area contributed by atoms with E-state index in [-0.39, 0.29) is 26.8 Å². The Hall–Kier alpha value is -3.51. The number of nitrogens with one attached hydrogen (secondary N) is 2. The molecule has 0 saturated heterocycles. The minimum Gasteiger partial charge on any atom is -0.465 e. The summed E-state index contributed by atoms with van der Waals surface area (Å²) in [4.78, 5) is 28.1. The van der Waals surface area contributed by atoms with Gasteiger partial charge in [-0.2, -0.15) is 5.10 Å². The van der Waals surface area contributed by atoms with Gasteiger partial charge in [-0.05, 0) is 18.2 Å². The summed E-state index contributed by atoms with van der Waals surface area (Å²) in [5.41, 5.74) is 0.347. The molecule has 1 aromatic heterocycles. The number of hydrogen-bond acceptors (Lipinski definition) is 8. The highest BCUT2D eigenvalue weighted by atomic mass is 32.2. The largest absolute Gasteiger partial charge is 0.465 e. The zero-order valence-corrected chi connectivity index (χ0v) is 16.5. The predicted molar refractivity (Wildman–Crippen MR) is 105 cm³/mol. The molecule has 0 radical (unpaired) electrons. The zero-order valence-electron chi connectivity index (χ0n) is 14.8. The molecule has 1 aromatic carbocycles. The van der Waals surface area contributed by atoms with E-state index < -0.39 is 21.6 Å². The first-order valence-electron chi connectivity index (χ1n) is 8.10. The van der Waals surface area contributed by atoms with Crippen molar-refractivity contribution in [3.8, 4) is 16.9 Å². The molecule has 148 valence electrons. The molecular formula is C17H13N5O5S2. The van der Waals surface area contributed by atoms with Gasteiger partial charge in [0, 0.05) is 29.7 Å². The van der Waals surface area contributed by atoms with Crippen LogP contribution in [0.5, 0.6) is 0 Å². The number of fused-ring (bicyclic) bond motifs is 1. The van der Waals surface area contributed by atoms with Crippen molar-refractivity contribution in [1.29, 1.82) is 0 Å². The number of rotatable bonds is 5. The van der Waals surface area contributed by atoms with Crippen LogP contribution in [-0.4, -0.2) is 41.2 Å². The van der Waals surface area contributed by atoms with Crippen molar-refractivity contribution in [1.82, 2.24) is 19.7 Å². The summed E-state index contributed by atoms with van der Waals surface area (Å²) >= 11 is 1.15. The van der Waals surface area contributed by atoms with Gasteiger partial charge in [0.25, 0.3) is 15.6 Å². The Kier molecular flexibility index (Phi) is 4.64. The summed E-state index contributed by atoms with van der Waals surface area (Å²) in [5.74, 6) is -0.676. The molecule has 3 heterocycles. The van der Waals surface area contributed by atoms with Crippen molar-refractivity contribution >= 4 is 32.5 Å². The van der Waals surface area contributed by atoms with Crippen LogP contribution in [0.15, 0.2) is 57.9 Å². The van der Waals surface area contributed by atoms with E-state index in [2.05, 4.69) is 19.9 Å². The van der Waals surface area contributed by atoms with Crippen LogP contribution in [0.1, 0.15) is 10.4 Å². The van der Waals surface area contributed by atoms with Gasteiger partial charge in [-0.3, -0.25) is 9.52 Å². The fraction of sp³-hybridized carbons (Fsp3) is 0.0588. The second-order valence-corrected chi connectivity index (χ2v) is 8.40. The van der Waals surface area contributed by atoms with Crippen LogP contribution in [0.25, 0.3) is 16.9 Å². The summed E-state index contributed by atoms with van der Waals surface area (Å²) in [6, 6.07) is 6.03. The minimum atomic E-state index is -3.87. The fourth-order valence-corrected chi connectivity index (χ4v) is 4.53. The first kappa shape index (κ1) is 18.8. The van der Waals surface area contributed by atoms with E-state index in [0.29, 0.717) is 5.69 Å². The van der Waals surface area contributed by atoms with Crippen LogP contribution in [0.4, 0.5) is 5.13 Å². The number of H-pyrrole nitrogens is 1. The van der Waals surface area contributed by atoms with Crippen LogP contribution in [0, 0.1) is 0 Å². The molecule has 10 nitrogen and oxygen atoms in total. The summed E-state index contributed by atoms with van der Waals surface area (Å²) in [5, 5.41) is 8.05. The van der Waals surface area contributed by atoms with Crippen molar-refractivity contribution in [2.45, 2.75) is 4.90 Å². The number of hydrogen-bond donors (Lipinski definition) is 2. The molecule has 29 heavy (non-hydrogen) atoms. The van der Waals surface area contributed by atoms with Gasteiger partial charge in [0.1, 0.15) is 11.3 Å². The lowest BCUT2D eigenvalue weighted by atomic mass is 10.1. The van der Waals surface area contributed by atoms with Crippen LogP contribution in [0.3, 0.4) is 0 Å². The van der Waals surface area contributed by atoms with Crippen molar-refractivity contribution in [3.05, 3.63) is 64.2 Å². The smallest absolute Gasteiger partial charge is 0.341 e. The topological polar surface area (TPSA) is 136 Å². The number of aromatic amines is 1. The molecule has 0 unspecified atom stereocenters. The van der Waals surface area contributed by atoms with Crippen LogP contribution in [0.2, 0.25) is 0 Å². The first-order valence-corrected chi connectivity index (χ1v) is 10.5. The normalized spacial score (nSPS) is 11.5. The number of nitrogens with zero attached hydrogens (tertiary/aromatic N) is 3. The third-order valence-electron chi connectivity index (χ3n) is 4.05. The van der Waals surface area contributed by atoms with Gasteiger partial charge >= 0.3 is 5.97 Å². The number of benzene rings is 1. The molecule has 0 fully saturated rings. The van der Waals surface area contributed by atoms with E-state index in [1.165, 1.54) is 42.4 Å². The van der Waals surface area contributed by atoms with E-state index in [1.807, 2.05) is 0 Å². The molecule has 0 saturated carbocycles. The summed E-state index contributed by atoms with van der Waals surface area (Å²) in [6.45, 7) is 0. The maximum absolute atomic E-state index is 12.6. The summed E-state index contributed by atoms with van der Waals surface area (Å²) < 4.78 is 33.9. The van der Waals surface area contributed by atoms with E-state index in [1.54, 1.807) is 17.5 Å². The van der Waals surface area contributed by atoms with Crippen molar-refractivity contribution in [2.75, 3.05) is 11.8 Å². The van der Waals surface area contributed by atoms with Crippen LogP contribution < -0.4 is 10.3 Å². The molecule has 0 spiro atoms. The molecule has 2 N–H and O–H groups in total. The average Bonchev–Trinajstić information content (AvgIpc) is 3.36. The van der Waals surface area contributed by atoms with Crippen LogP contribution in [-0.2, 0) is 14.8 Å². The summed E-state index contributed by atoms with van der Waals surface area (Å²) in [7, 11) is -2.66. The predicted octanol–water partition coefficient (Wildman–Crippen LogP) is 1.71. The third-order valence-corrected chi connectivity index (χ3v) is 6.20. The highest BCUT2D eigenvalue weighted by molar-refractivity contribution is 7.93. The molecule has 2 aliphatic rings. The molecule has 0 amide bonds. The SMILES string of the molecule is COC(=O)c1cn(-c2cccc(S(=O)(=O)Nc3nccs3)c2)cc2c(=O)[nH]nc1-2. The molecule has 0 aliphatic carbocycles. The lowest BCUT2D eigenvalue weighted by molar-refractivity contribution is 0.0600. The van der Waals surface area contributed by atoms with Crippen molar-refractivity contribution < 1.29 is 17.9 Å². The maximum atomic E-state index is 12.6. The highest BCUT2D eigenvalue weighted by Crippen LogP contribution is 2.25. The Bertz CT molecular complexity index is 1320. The first-order chi connectivity index (χ1) is 13.9. The lowest BCUT2D eigenvalue weighted by Crippen LogP contribution is -2.14. The van der Waals surface area contributed by atoms with Gasteiger partial charge in [0.15, 0.2) is 5.13 Å². The Balaban J connectivity index is 1.82. The number of ether oxygens (including phenoxy) is 1. The number of methoxy groups -OCH3 is 1. The average molecular weight is 431 g/mol. The Morgan fingerprint density at radius 2 is 2.14 bits per heavy atom. The van der Waals surface area contributed by atoms with E-state index in [0.717, 1.165) is 11.3 Å². The van der Waals surface area contributed by atoms with Crippen molar-refractivity contribution in [3.63, 3.8) is 0 Å². The van der Waals surface area contributed by atoms with E-state index in [9.17, 15) is 18.0 Å². The molecule has 12 heteroatoms. The quantitative estimate of drug-likeness (QED) is 0.459. The molecule has 2 aromatic rings. The van der Waals surface area contributed by atoms with Gasteiger partial charge in [0.05, 0.1) is 17.6 Å². The van der Waals surface area contributed by atoms with Gasteiger partial charge in [0.2, 0.25) is 0 Å². The number of anilines is 1. The van der Waals surface area contributed by atoms with Gasteiger partial charge in [-0.15, -0.1) is 11.3 Å². The molecule has 4 rings (SSSR count). The van der Waals surface area contributed by atoms with E-state index in [4.69, 9.17) is 4.74 Å². The monoisotopic (exact) mass is 431 g/mol. The minimum absolute atomic E-state index is 0.00745. The van der Waals surface area contributed by atoms with Crippen molar-refractivity contribution in [2.24, 2.45) is 0 Å². The summed E-state index contributed by atoms with van der Waals surface area (Å²) in [6.07, 6.45) is 4.38. The van der Waals surface area contributed by atoms with Gasteiger partial charge < -0.3 is 9.30 Å². The second-order valence-electron chi connectivity index (χ2n) is 5.83. The number of carbonyl (C=O) groups is 1. The third kappa shape index (κ3) is 3.50. The second kappa shape index (κ2) is 7.14. The Morgan fingerprint density at radius 3 is 2.86 bits per heavy atom. The number of esters is 1. The standard InChI is InChI=1S/C17H13N5O5S2/c1-27-16(24)13-9-22(8-12-14(13)19-20-15(12)23)10-3-2-4-11(7-10)29(25,26)21-17-18-5-6-28-17/h2-9H,1H3,(H,18,21)(H,20,23). The molecule has 2 aliphatic heterocycles. The number of sulfonamides is 1. The highest BCUT2D eigenvalue weighted by Gasteiger charge is 2.23. The number of pyridine rings is 1. The number of aromatic nitrogens is 4. The van der Waals surface area contributed by atoms with Crippen LogP contribution >= 0.6 is 11.3 Å². The maximum Gasteiger partial charge on any atom is 0.341 e. The molecule has 0 bridgehead atoms.